The van der Waals surface area contributed by atoms with Crippen molar-refractivity contribution in [1.29, 1.82) is 0 Å². The first-order chi connectivity index (χ1) is 6.37. The zero-order chi connectivity index (χ0) is 10.6. The van der Waals surface area contributed by atoms with Crippen molar-refractivity contribution in [2.24, 2.45) is 5.73 Å². The van der Waals surface area contributed by atoms with Gasteiger partial charge in [0.15, 0.2) is 0 Å². The van der Waals surface area contributed by atoms with Crippen molar-refractivity contribution in [2.75, 3.05) is 0 Å². The maximum Gasteiger partial charge on any atom is 0.272 e. The average Bonchev–Trinajstić information content (AvgIpc) is 2.58. The van der Waals surface area contributed by atoms with Gasteiger partial charge in [0.2, 0.25) is 0 Å². The molecule has 0 amide bonds. The van der Waals surface area contributed by atoms with Crippen molar-refractivity contribution < 1.29 is 13.2 Å². The van der Waals surface area contributed by atoms with E-state index in [1.807, 2.05) is 0 Å². The molecule has 0 heterocycles. The summed E-state index contributed by atoms with van der Waals surface area (Å²) in [6.07, 6.45) is -0.483. The molecule has 0 bridgehead atoms. The number of benzene rings is 1. The van der Waals surface area contributed by atoms with Crippen LogP contribution in [0.2, 0.25) is 5.02 Å². The molecule has 1 aromatic rings. The van der Waals surface area contributed by atoms with Crippen LogP contribution in [0.3, 0.4) is 0 Å². The molecule has 1 aliphatic rings. The summed E-state index contributed by atoms with van der Waals surface area (Å²) in [7, 11) is 0. The van der Waals surface area contributed by atoms with Gasteiger partial charge in [0.1, 0.15) is 11.4 Å². The summed E-state index contributed by atoms with van der Waals surface area (Å²) in [5.41, 5.74) is 3.60. The summed E-state index contributed by atoms with van der Waals surface area (Å²) in [6, 6.07) is 3.30. The van der Waals surface area contributed by atoms with Crippen LogP contribution in [0.15, 0.2) is 18.2 Å². The van der Waals surface area contributed by atoms with Crippen molar-refractivity contribution >= 4 is 11.6 Å². The minimum atomic E-state index is -2.98. The van der Waals surface area contributed by atoms with Crippen molar-refractivity contribution in [3.8, 4) is 0 Å². The first-order valence-corrected chi connectivity index (χ1v) is 4.37. The fourth-order valence-corrected chi connectivity index (χ4v) is 1.72. The van der Waals surface area contributed by atoms with E-state index >= 15 is 0 Å². The Labute approximate surface area is 83.7 Å². The Morgan fingerprint density at radius 1 is 1.36 bits per heavy atom. The summed E-state index contributed by atoms with van der Waals surface area (Å²) in [5, 5.41) is 0.0751. The van der Waals surface area contributed by atoms with E-state index in [1.54, 1.807) is 0 Å². The molecule has 2 N–H and O–H groups in total. The molecule has 2 rings (SSSR count). The molecule has 14 heavy (non-hydrogen) atoms. The van der Waals surface area contributed by atoms with E-state index in [1.165, 1.54) is 6.07 Å². The van der Waals surface area contributed by atoms with Crippen molar-refractivity contribution in [3.05, 3.63) is 34.6 Å². The Hall–Kier alpha value is -0.740. The lowest BCUT2D eigenvalue weighted by Crippen LogP contribution is -2.27. The second kappa shape index (κ2) is 2.64. The number of halogens is 4. The van der Waals surface area contributed by atoms with E-state index in [0.717, 1.165) is 12.1 Å². The number of hydrogen-bond donors (Lipinski definition) is 1. The molecular weight excluding hydrogens is 215 g/mol. The van der Waals surface area contributed by atoms with Gasteiger partial charge in [0.05, 0.1) is 0 Å². The molecular formula is C9H7ClF3N. The Morgan fingerprint density at radius 3 is 2.43 bits per heavy atom. The molecule has 0 saturated heterocycles. The summed E-state index contributed by atoms with van der Waals surface area (Å²) >= 11 is 5.67. The summed E-state index contributed by atoms with van der Waals surface area (Å²) in [6.45, 7) is 0. The molecule has 1 atom stereocenters. The zero-order valence-electron chi connectivity index (χ0n) is 7.03. The van der Waals surface area contributed by atoms with Crippen LogP contribution >= 0.6 is 11.6 Å². The molecule has 1 unspecified atom stereocenters. The van der Waals surface area contributed by atoms with Gasteiger partial charge in [-0.15, -0.1) is 0 Å². The van der Waals surface area contributed by atoms with Crippen LogP contribution < -0.4 is 5.73 Å². The van der Waals surface area contributed by atoms with Crippen LogP contribution in [-0.2, 0) is 5.54 Å². The molecule has 1 aromatic carbocycles. The molecule has 1 fully saturated rings. The third kappa shape index (κ3) is 1.21. The molecule has 0 spiro atoms. The molecule has 1 nitrogen and oxygen atoms in total. The predicted molar refractivity (Wildman–Crippen MR) is 46.8 cm³/mol. The van der Waals surface area contributed by atoms with Crippen LogP contribution in [0.4, 0.5) is 13.2 Å². The first kappa shape index (κ1) is 9.80. The van der Waals surface area contributed by atoms with E-state index < -0.39 is 23.7 Å². The van der Waals surface area contributed by atoms with Gasteiger partial charge in [0.25, 0.3) is 5.92 Å². The second-order valence-electron chi connectivity index (χ2n) is 3.48. The third-order valence-electron chi connectivity index (χ3n) is 2.44. The van der Waals surface area contributed by atoms with Crippen LogP contribution in [0.25, 0.3) is 0 Å². The van der Waals surface area contributed by atoms with E-state index in [4.69, 9.17) is 17.3 Å². The van der Waals surface area contributed by atoms with Crippen molar-refractivity contribution in [3.63, 3.8) is 0 Å². The molecule has 0 aromatic heterocycles. The zero-order valence-corrected chi connectivity index (χ0v) is 7.78. The standard InChI is InChI=1S/C9H7ClF3N/c10-7-2-1-5(11)3-6(7)8(14)4-9(8,12)13/h1-3H,4,14H2. The van der Waals surface area contributed by atoms with Gasteiger partial charge >= 0.3 is 0 Å². The maximum atomic E-state index is 12.9. The Bertz CT molecular complexity index is 394. The molecule has 5 heteroatoms. The highest BCUT2D eigenvalue weighted by Gasteiger charge is 2.70. The molecule has 0 radical (unpaired) electrons. The fourth-order valence-electron chi connectivity index (χ4n) is 1.44. The minimum Gasteiger partial charge on any atom is -0.316 e. The van der Waals surface area contributed by atoms with E-state index in [9.17, 15) is 13.2 Å². The second-order valence-corrected chi connectivity index (χ2v) is 3.88. The van der Waals surface area contributed by atoms with E-state index in [2.05, 4.69) is 0 Å². The average molecular weight is 222 g/mol. The van der Waals surface area contributed by atoms with Gasteiger partial charge < -0.3 is 5.73 Å². The van der Waals surface area contributed by atoms with Crippen LogP contribution in [0, 0.1) is 5.82 Å². The van der Waals surface area contributed by atoms with E-state index in [0.29, 0.717) is 0 Å². The summed E-state index contributed by atoms with van der Waals surface area (Å²) in [4.78, 5) is 0. The lowest BCUT2D eigenvalue weighted by Gasteiger charge is -2.12. The topological polar surface area (TPSA) is 26.0 Å². The Kier molecular flexibility index (Phi) is 1.85. The summed E-state index contributed by atoms with van der Waals surface area (Å²) < 4.78 is 38.5. The quantitative estimate of drug-likeness (QED) is 0.775. The van der Waals surface area contributed by atoms with Gasteiger partial charge in [-0.2, -0.15) is 0 Å². The lowest BCUT2D eigenvalue weighted by atomic mass is 10.1. The van der Waals surface area contributed by atoms with Gasteiger partial charge in [0, 0.05) is 11.4 Å². The van der Waals surface area contributed by atoms with Gasteiger partial charge in [-0.3, -0.25) is 0 Å². The number of rotatable bonds is 1. The number of nitrogens with two attached hydrogens (primary N) is 1. The first-order valence-electron chi connectivity index (χ1n) is 3.99. The maximum absolute atomic E-state index is 12.9. The summed E-state index contributed by atoms with van der Waals surface area (Å²) in [5.74, 6) is -3.60. The highest BCUT2D eigenvalue weighted by Crippen LogP contribution is 2.58. The molecule has 76 valence electrons. The van der Waals surface area contributed by atoms with Gasteiger partial charge in [-0.05, 0) is 23.8 Å². The Balaban J connectivity index is 2.48. The van der Waals surface area contributed by atoms with Gasteiger partial charge in [-0.1, -0.05) is 11.6 Å². The molecule has 0 aliphatic heterocycles. The van der Waals surface area contributed by atoms with Crippen LogP contribution in [-0.4, -0.2) is 5.92 Å². The predicted octanol–water partition coefficient (Wildman–Crippen LogP) is 2.67. The highest BCUT2D eigenvalue weighted by molar-refractivity contribution is 6.31. The van der Waals surface area contributed by atoms with Crippen LogP contribution in [0.1, 0.15) is 12.0 Å². The van der Waals surface area contributed by atoms with Crippen LogP contribution in [0.5, 0.6) is 0 Å². The number of alkyl halides is 2. The number of hydrogen-bond acceptors (Lipinski definition) is 1. The SMILES string of the molecule is NC1(c2cc(F)ccc2Cl)CC1(F)F. The highest BCUT2D eigenvalue weighted by atomic mass is 35.5. The van der Waals surface area contributed by atoms with Gasteiger partial charge in [-0.25, -0.2) is 13.2 Å². The monoisotopic (exact) mass is 221 g/mol. The largest absolute Gasteiger partial charge is 0.316 e. The van der Waals surface area contributed by atoms with Crippen molar-refractivity contribution in [2.45, 2.75) is 17.9 Å². The van der Waals surface area contributed by atoms with Crippen molar-refractivity contribution in [1.82, 2.24) is 0 Å². The fraction of sp³-hybridized carbons (Fsp3) is 0.333. The smallest absolute Gasteiger partial charge is 0.272 e. The molecule has 1 aliphatic carbocycles. The molecule has 1 saturated carbocycles. The normalized spacial score (nSPS) is 28.9. The Morgan fingerprint density at radius 2 is 1.93 bits per heavy atom. The van der Waals surface area contributed by atoms with E-state index in [-0.39, 0.29) is 10.6 Å². The third-order valence-corrected chi connectivity index (χ3v) is 2.77. The minimum absolute atomic E-state index is 0.0239. The lowest BCUT2D eigenvalue weighted by molar-refractivity contribution is 0.0891.